The molecule has 1 aliphatic rings. The predicted octanol–water partition coefficient (Wildman–Crippen LogP) is 0.486. The summed E-state index contributed by atoms with van der Waals surface area (Å²) < 4.78 is 27.9. The Kier molecular flexibility index (Phi) is 3.64. The van der Waals surface area contributed by atoms with Crippen molar-refractivity contribution in [1.82, 2.24) is 14.5 Å². The van der Waals surface area contributed by atoms with Gasteiger partial charge in [0.25, 0.3) is 10.0 Å². The van der Waals surface area contributed by atoms with Gasteiger partial charge in [0.2, 0.25) is 5.91 Å². The smallest absolute Gasteiger partial charge is 0.263 e. The first-order valence-corrected chi connectivity index (χ1v) is 8.36. The number of aliphatic imine (C=N–C) groups is 1. The number of anilines is 1. The second kappa shape index (κ2) is 5.51. The Bertz CT molecular complexity index is 901. The summed E-state index contributed by atoms with van der Waals surface area (Å²) in [5.41, 5.74) is 0.463. The van der Waals surface area contributed by atoms with Crippen LogP contribution in [0.15, 0.2) is 46.4 Å². The molecule has 23 heavy (non-hydrogen) atoms. The quantitative estimate of drug-likeness (QED) is 0.852. The molecule has 1 unspecified atom stereocenters. The highest BCUT2D eigenvalue weighted by molar-refractivity contribution is 7.90. The van der Waals surface area contributed by atoms with Gasteiger partial charge in [-0.25, -0.2) is 8.42 Å². The van der Waals surface area contributed by atoms with Gasteiger partial charge in [0, 0.05) is 24.9 Å². The first kappa shape index (κ1) is 15.2. The van der Waals surface area contributed by atoms with E-state index in [0.29, 0.717) is 11.4 Å². The lowest BCUT2D eigenvalue weighted by Gasteiger charge is -2.07. The van der Waals surface area contributed by atoms with E-state index in [1.165, 1.54) is 6.07 Å². The molecular formula is C14H15N5O3S. The average molecular weight is 333 g/mol. The van der Waals surface area contributed by atoms with Crippen LogP contribution in [0.1, 0.15) is 12.5 Å². The van der Waals surface area contributed by atoms with E-state index >= 15 is 0 Å². The SMILES string of the molecule is CC(N=C1NS(=O)(=O)c2ccccc21)C(=O)Nc1ccn(C)n1. The van der Waals surface area contributed by atoms with Gasteiger partial charge in [-0.15, -0.1) is 0 Å². The number of benzene rings is 1. The summed E-state index contributed by atoms with van der Waals surface area (Å²) in [6.07, 6.45) is 1.70. The van der Waals surface area contributed by atoms with Crippen LogP contribution in [-0.4, -0.2) is 36.0 Å². The molecule has 9 heteroatoms. The van der Waals surface area contributed by atoms with Gasteiger partial charge < -0.3 is 5.32 Å². The van der Waals surface area contributed by atoms with Crippen molar-refractivity contribution >= 4 is 27.6 Å². The standard InChI is InChI=1S/C14H15N5O3S/c1-9(14(20)16-12-7-8-19(2)17-12)15-13-10-5-3-4-6-11(10)23(21,22)18-13/h3-9H,1-2H3,(H,15,18)(H,16,17,20). The van der Waals surface area contributed by atoms with Crippen LogP contribution in [0, 0.1) is 0 Å². The van der Waals surface area contributed by atoms with E-state index in [-0.39, 0.29) is 16.6 Å². The van der Waals surface area contributed by atoms with Gasteiger partial charge in [0.1, 0.15) is 11.9 Å². The molecule has 0 saturated heterocycles. The van der Waals surface area contributed by atoms with Gasteiger partial charge in [0.15, 0.2) is 5.82 Å². The van der Waals surface area contributed by atoms with E-state index in [1.807, 2.05) is 0 Å². The molecule has 0 fully saturated rings. The summed E-state index contributed by atoms with van der Waals surface area (Å²) in [6.45, 7) is 1.58. The maximum absolute atomic E-state index is 12.1. The van der Waals surface area contributed by atoms with Crippen molar-refractivity contribution < 1.29 is 13.2 Å². The third-order valence-corrected chi connectivity index (χ3v) is 4.73. The maximum atomic E-state index is 12.1. The highest BCUT2D eigenvalue weighted by Crippen LogP contribution is 2.22. The number of hydrogen-bond donors (Lipinski definition) is 2. The number of amides is 1. The molecule has 1 aliphatic heterocycles. The molecular weight excluding hydrogens is 318 g/mol. The molecule has 1 atom stereocenters. The van der Waals surface area contributed by atoms with E-state index in [2.05, 4.69) is 20.1 Å². The fourth-order valence-electron chi connectivity index (χ4n) is 2.19. The van der Waals surface area contributed by atoms with Crippen molar-refractivity contribution in [2.45, 2.75) is 17.9 Å². The normalized spacial score (nSPS) is 18.3. The molecule has 1 aromatic carbocycles. The fourth-order valence-corrected chi connectivity index (χ4v) is 3.43. The molecule has 8 nitrogen and oxygen atoms in total. The lowest BCUT2D eigenvalue weighted by molar-refractivity contribution is -0.117. The van der Waals surface area contributed by atoms with Gasteiger partial charge in [-0.1, -0.05) is 12.1 Å². The van der Waals surface area contributed by atoms with Gasteiger partial charge in [-0.3, -0.25) is 19.2 Å². The van der Waals surface area contributed by atoms with Crippen LogP contribution in [0.25, 0.3) is 0 Å². The van der Waals surface area contributed by atoms with E-state index in [4.69, 9.17) is 0 Å². The number of carbonyl (C=O) groups is 1. The van der Waals surface area contributed by atoms with E-state index in [9.17, 15) is 13.2 Å². The molecule has 2 heterocycles. The summed E-state index contributed by atoms with van der Waals surface area (Å²) in [4.78, 5) is 16.5. The van der Waals surface area contributed by atoms with Crippen LogP contribution in [-0.2, 0) is 21.9 Å². The van der Waals surface area contributed by atoms with Gasteiger partial charge in [0.05, 0.1) is 4.90 Å². The third-order valence-electron chi connectivity index (χ3n) is 3.33. The largest absolute Gasteiger partial charge is 0.307 e. The fraction of sp³-hybridized carbons (Fsp3) is 0.214. The summed E-state index contributed by atoms with van der Waals surface area (Å²) in [5.74, 6) is 0.209. The van der Waals surface area contributed by atoms with E-state index in [1.54, 1.807) is 49.1 Å². The van der Waals surface area contributed by atoms with Crippen LogP contribution < -0.4 is 10.0 Å². The summed E-state index contributed by atoms with van der Waals surface area (Å²) in [7, 11) is -1.87. The lowest BCUT2D eigenvalue weighted by Crippen LogP contribution is -2.29. The minimum atomic E-state index is -3.61. The Morgan fingerprint density at radius 1 is 1.35 bits per heavy atom. The molecule has 2 N–H and O–H groups in total. The summed E-state index contributed by atoms with van der Waals surface area (Å²) in [6, 6.07) is 7.38. The molecule has 1 amide bonds. The number of amidine groups is 1. The first-order chi connectivity index (χ1) is 10.9. The number of nitrogens with zero attached hydrogens (tertiary/aromatic N) is 3. The summed E-state index contributed by atoms with van der Waals surface area (Å²) in [5, 5.41) is 6.67. The minimum Gasteiger partial charge on any atom is -0.307 e. The Hall–Kier alpha value is -2.68. The van der Waals surface area contributed by atoms with Gasteiger partial charge in [-0.2, -0.15) is 5.10 Å². The van der Waals surface area contributed by atoms with Crippen molar-refractivity contribution in [3.05, 3.63) is 42.1 Å². The van der Waals surface area contributed by atoms with Crippen LogP contribution in [0.2, 0.25) is 0 Å². The highest BCUT2D eigenvalue weighted by atomic mass is 32.2. The molecule has 3 rings (SSSR count). The Morgan fingerprint density at radius 2 is 2.09 bits per heavy atom. The Labute approximate surface area is 133 Å². The number of fused-ring (bicyclic) bond motifs is 1. The van der Waals surface area contributed by atoms with Crippen molar-refractivity contribution in [3.8, 4) is 0 Å². The summed E-state index contributed by atoms with van der Waals surface area (Å²) >= 11 is 0. The number of hydrogen-bond acceptors (Lipinski definition) is 5. The minimum absolute atomic E-state index is 0.163. The third kappa shape index (κ3) is 2.95. The van der Waals surface area contributed by atoms with Crippen molar-refractivity contribution in [2.75, 3.05) is 5.32 Å². The second-order valence-electron chi connectivity index (χ2n) is 5.12. The lowest BCUT2D eigenvalue weighted by atomic mass is 10.2. The second-order valence-corrected chi connectivity index (χ2v) is 6.77. The number of carbonyl (C=O) groups excluding carboxylic acids is 1. The molecule has 1 aromatic heterocycles. The van der Waals surface area contributed by atoms with Crippen LogP contribution in [0.4, 0.5) is 5.82 Å². The van der Waals surface area contributed by atoms with Gasteiger partial charge >= 0.3 is 0 Å². The van der Waals surface area contributed by atoms with Crippen molar-refractivity contribution in [2.24, 2.45) is 12.0 Å². The number of nitrogens with one attached hydrogen (secondary N) is 2. The van der Waals surface area contributed by atoms with Crippen molar-refractivity contribution in [1.29, 1.82) is 0 Å². The zero-order valence-electron chi connectivity index (χ0n) is 12.5. The number of aromatic nitrogens is 2. The number of aryl methyl sites for hydroxylation is 1. The molecule has 0 saturated carbocycles. The molecule has 120 valence electrons. The Morgan fingerprint density at radius 3 is 2.78 bits per heavy atom. The molecule has 2 aromatic rings. The molecule has 0 aliphatic carbocycles. The number of rotatable bonds is 3. The number of sulfonamides is 1. The zero-order chi connectivity index (χ0) is 16.6. The van der Waals surface area contributed by atoms with Crippen LogP contribution in [0.5, 0.6) is 0 Å². The van der Waals surface area contributed by atoms with E-state index < -0.39 is 16.1 Å². The zero-order valence-corrected chi connectivity index (χ0v) is 13.3. The Balaban J connectivity index is 1.83. The van der Waals surface area contributed by atoms with Crippen LogP contribution in [0.3, 0.4) is 0 Å². The first-order valence-electron chi connectivity index (χ1n) is 6.87. The average Bonchev–Trinajstić information content (AvgIpc) is 3.01. The maximum Gasteiger partial charge on any atom is 0.263 e. The monoisotopic (exact) mass is 333 g/mol. The van der Waals surface area contributed by atoms with Crippen LogP contribution >= 0.6 is 0 Å². The van der Waals surface area contributed by atoms with Crippen molar-refractivity contribution in [3.63, 3.8) is 0 Å². The van der Waals surface area contributed by atoms with E-state index in [0.717, 1.165) is 0 Å². The highest BCUT2D eigenvalue weighted by Gasteiger charge is 2.31. The molecule has 0 bridgehead atoms. The predicted molar refractivity (Wildman–Crippen MR) is 84.6 cm³/mol. The van der Waals surface area contributed by atoms with Gasteiger partial charge in [-0.05, 0) is 19.1 Å². The molecule has 0 radical (unpaired) electrons. The topological polar surface area (TPSA) is 105 Å². The molecule has 0 spiro atoms.